The Hall–Kier alpha value is -5.13. The van der Waals surface area contributed by atoms with Crippen LogP contribution in [0.15, 0.2) is 49.3 Å². The third kappa shape index (κ3) is 3.48. The van der Waals surface area contributed by atoms with Crippen LogP contribution in [0.25, 0.3) is 22.5 Å². The predicted octanol–water partition coefficient (Wildman–Crippen LogP) is 2.26. The largest absolute Gasteiger partial charge is 0.434 e. The van der Waals surface area contributed by atoms with Gasteiger partial charge in [0, 0.05) is 6.20 Å². The normalized spacial score (nSPS) is 11.5. The second-order valence-corrected chi connectivity index (χ2v) is 6.79. The second-order valence-electron chi connectivity index (χ2n) is 6.79. The van der Waals surface area contributed by atoms with Crippen LogP contribution >= 0.6 is 0 Å². The van der Waals surface area contributed by atoms with Crippen LogP contribution in [0.1, 0.15) is 21.6 Å². The number of carbonyl (C=O) groups is 1. The number of alkyl halides is 3. The number of anilines is 1. The summed E-state index contributed by atoms with van der Waals surface area (Å²) in [6, 6.07) is 4.48. The molecule has 5 rings (SSSR count). The molecule has 15 heteroatoms. The number of rotatable bonds is 4. The minimum Gasteiger partial charge on any atom is -0.320 e. The Morgan fingerprint density at radius 3 is 2.76 bits per heavy atom. The molecule has 2 N–H and O–H groups in total. The monoisotopic (exact) mass is 465 g/mol. The van der Waals surface area contributed by atoms with E-state index in [4.69, 9.17) is 0 Å². The molecule has 0 radical (unpaired) electrons. The highest BCUT2D eigenvalue weighted by Crippen LogP contribution is 2.35. The second kappa shape index (κ2) is 7.78. The van der Waals surface area contributed by atoms with E-state index in [9.17, 15) is 23.2 Å². The summed E-state index contributed by atoms with van der Waals surface area (Å²) in [6.45, 7) is 0. The van der Waals surface area contributed by atoms with Crippen molar-refractivity contribution >= 4 is 22.6 Å². The van der Waals surface area contributed by atoms with Crippen molar-refractivity contribution in [1.82, 2.24) is 44.9 Å². The van der Waals surface area contributed by atoms with Gasteiger partial charge >= 0.3 is 6.18 Å². The summed E-state index contributed by atoms with van der Waals surface area (Å²) in [6.07, 6.45) is 2.57. The molecule has 168 valence electrons. The number of nitriles is 1. The lowest BCUT2D eigenvalue weighted by molar-refractivity contribution is -0.143. The smallest absolute Gasteiger partial charge is 0.320 e. The minimum atomic E-state index is -4.92. The fourth-order valence-corrected chi connectivity index (χ4v) is 3.29. The average molecular weight is 465 g/mol. The molecule has 0 aliphatic rings. The highest BCUT2D eigenvalue weighted by Gasteiger charge is 2.41. The van der Waals surface area contributed by atoms with Gasteiger partial charge in [0.2, 0.25) is 0 Å². The Morgan fingerprint density at radius 1 is 1.18 bits per heavy atom. The summed E-state index contributed by atoms with van der Waals surface area (Å²) in [5.41, 5.74) is -1.43. The number of hydrogen-bond donors (Lipinski definition) is 2. The van der Waals surface area contributed by atoms with Crippen LogP contribution in [0.2, 0.25) is 0 Å². The summed E-state index contributed by atoms with van der Waals surface area (Å²) in [4.78, 5) is 20.9. The van der Waals surface area contributed by atoms with E-state index in [1.54, 1.807) is 0 Å². The lowest BCUT2D eigenvalue weighted by Crippen LogP contribution is -2.21. The molecule has 0 saturated carbocycles. The van der Waals surface area contributed by atoms with E-state index in [0.717, 1.165) is 6.20 Å². The van der Waals surface area contributed by atoms with Gasteiger partial charge in [-0.05, 0) is 12.1 Å². The molecule has 0 bridgehead atoms. The standard InChI is InChI=1S/C19H10F3N11O/c20-19(21,22)16-12(8-28-33(16)14-1-2-24-13-9-27-30-15(13)14)18(34)29-11-5-10(6-23)17(25-7-11)32-4-3-26-31-32/h1-5,7-9H,(H,27,30)(H,29,34). The zero-order chi connectivity index (χ0) is 23.9. The van der Waals surface area contributed by atoms with Crippen molar-refractivity contribution < 1.29 is 18.0 Å². The van der Waals surface area contributed by atoms with E-state index >= 15 is 0 Å². The molecule has 5 heterocycles. The molecule has 0 atom stereocenters. The van der Waals surface area contributed by atoms with E-state index in [1.165, 1.54) is 47.8 Å². The van der Waals surface area contributed by atoms with E-state index in [1.807, 2.05) is 6.07 Å². The van der Waals surface area contributed by atoms with Crippen LogP contribution < -0.4 is 5.32 Å². The summed E-state index contributed by atoms with van der Waals surface area (Å²) < 4.78 is 43.9. The molecule has 0 aromatic carbocycles. The van der Waals surface area contributed by atoms with Crippen LogP contribution in [0, 0.1) is 11.3 Å². The molecular weight excluding hydrogens is 455 g/mol. The number of aromatic nitrogens is 9. The SMILES string of the molecule is N#Cc1cc(NC(=O)c2cnn(-c3ccnc4cn[nH]c34)c2C(F)(F)F)cnc1-n1ccnn1. The maximum Gasteiger partial charge on any atom is 0.434 e. The number of nitrogens with zero attached hydrogens (tertiary/aromatic N) is 9. The molecule has 0 unspecified atom stereocenters. The topological polar surface area (TPSA) is 156 Å². The van der Waals surface area contributed by atoms with E-state index < -0.39 is 23.3 Å². The van der Waals surface area contributed by atoms with E-state index in [0.29, 0.717) is 10.2 Å². The fraction of sp³-hybridized carbons (Fsp3) is 0.0526. The Kier molecular flexibility index (Phi) is 4.75. The summed E-state index contributed by atoms with van der Waals surface area (Å²) in [7, 11) is 0. The maximum atomic E-state index is 14.0. The van der Waals surface area contributed by atoms with Crippen molar-refractivity contribution in [3.63, 3.8) is 0 Å². The van der Waals surface area contributed by atoms with Gasteiger partial charge < -0.3 is 5.32 Å². The first-order valence-electron chi connectivity index (χ1n) is 9.38. The van der Waals surface area contributed by atoms with Crippen molar-refractivity contribution in [2.24, 2.45) is 0 Å². The summed E-state index contributed by atoms with van der Waals surface area (Å²) in [5.74, 6) is -0.948. The van der Waals surface area contributed by atoms with Crippen molar-refractivity contribution in [2.45, 2.75) is 6.18 Å². The van der Waals surface area contributed by atoms with Gasteiger partial charge in [0.15, 0.2) is 11.5 Å². The highest BCUT2D eigenvalue weighted by atomic mass is 19.4. The minimum absolute atomic E-state index is 0.00570. The molecule has 0 spiro atoms. The Balaban J connectivity index is 1.53. The van der Waals surface area contributed by atoms with Gasteiger partial charge in [-0.25, -0.2) is 14.3 Å². The van der Waals surface area contributed by atoms with Crippen LogP contribution in [0.3, 0.4) is 0 Å². The van der Waals surface area contributed by atoms with E-state index in [-0.39, 0.29) is 28.3 Å². The molecule has 0 aliphatic carbocycles. The first kappa shape index (κ1) is 20.8. The molecule has 12 nitrogen and oxygen atoms in total. The zero-order valence-corrected chi connectivity index (χ0v) is 16.7. The van der Waals surface area contributed by atoms with Crippen molar-refractivity contribution in [3.05, 3.63) is 66.1 Å². The van der Waals surface area contributed by atoms with Gasteiger partial charge in [-0.2, -0.15) is 28.6 Å². The molecular formula is C19H10F3N11O. The lowest BCUT2D eigenvalue weighted by atomic mass is 10.2. The first-order chi connectivity index (χ1) is 16.4. The van der Waals surface area contributed by atoms with Crippen LogP contribution in [-0.2, 0) is 6.18 Å². The predicted molar refractivity (Wildman–Crippen MR) is 108 cm³/mol. The van der Waals surface area contributed by atoms with Gasteiger partial charge in [0.05, 0.1) is 53.5 Å². The number of aromatic amines is 1. The Morgan fingerprint density at radius 2 is 2.03 bits per heavy atom. The molecule has 5 aromatic heterocycles. The molecule has 34 heavy (non-hydrogen) atoms. The van der Waals surface area contributed by atoms with Crippen LogP contribution in [-0.4, -0.2) is 50.8 Å². The van der Waals surface area contributed by atoms with Gasteiger partial charge in [-0.15, -0.1) is 5.10 Å². The molecule has 5 aromatic rings. The van der Waals surface area contributed by atoms with E-state index in [2.05, 4.69) is 40.9 Å². The number of H-pyrrole nitrogens is 1. The first-order valence-corrected chi connectivity index (χ1v) is 9.38. The lowest BCUT2D eigenvalue weighted by Gasteiger charge is -2.13. The molecule has 0 aliphatic heterocycles. The van der Waals surface area contributed by atoms with Gasteiger partial charge in [-0.3, -0.25) is 14.9 Å². The Bertz CT molecular complexity index is 1560. The number of halogens is 3. The van der Waals surface area contributed by atoms with Crippen molar-refractivity contribution in [3.8, 4) is 17.6 Å². The number of hydrogen-bond acceptors (Lipinski definition) is 8. The van der Waals surface area contributed by atoms with Gasteiger partial charge in [0.25, 0.3) is 5.91 Å². The number of nitrogens with one attached hydrogen (secondary N) is 2. The van der Waals surface area contributed by atoms with Crippen LogP contribution in [0.4, 0.5) is 18.9 Å². The number of amides is 1. The van der Waals surface area contributed by atoms with Gasteiger partial charge in [-0.1, -0.05) is 5.21 Å². The van der Waals surface area contributed by atoms with Gasteiger partial charge in [0.1, 0.15) is 17.1 Å². The number of carbonyl (C=O) groups excluding carboxylic acids is 1. The van der Waals surface area contributed by atoms with Crippen LogP contribution in [0.5, 0.6) is 0 Å². The quantitative estimate of drug-likeness (QED) is 0.409. The molecule has 0 saturated heterocycles. The molecule has 0 fully saturated rings. The average Bonchev–Trinajstić information content (AvgIpc) is 3.58. The summed E-state index contributed by atoms with van der Waals surface area (Å²) >= 11 is 0. The third-order valence-corrected chi connectivity index (χ3v) is 4.72. The fourth-order valence-electron chi connectivity index (χ4n) is 3.29. The zero-order valence-electron chi connectivity index (χ0n) is 16.7. The molecule has 1 amide bonds. The summed E-state index contributed by atoms with van der Waals surface area (Å²) in [5, 5.41) is 29.3. The number of fused-ring (bicyclic) bond motifs is 1. The number of pyridine rings is 2. The highest BCUT2D eigenvalue weighted by molar-refractivity contribution is 6.05. The third-order valence-electron chi connectivity index (χ3n) is 4.72. The van der Waals surface area contributed by atoms with Crippen molar-refractivity contribution in [2.75, 3.05) is 5.32 Å². The Labute approximate surface area is 186 Å². The maximum absolute atomic E-state index is 14.0. The van der Waals surface area contributed by atoms with Crippen molar-refractivity contribution in [1.29, 1.82) is 5.26 Å².